The second-order valence-corrected chi connectivity index (χ2v) is 9.38. The molecule has 0 radical (unpaired) electrons. The highest BCUT2D eigenvalue weighted by molar-refractivity contribution is 6.25. The van der Waals surface area contributed by atoms with Crippen LogP contribution in [0.15, 0.2) is 79.1 Å². The predicted molar refractivity (Wildman–Crippen MR) is 132 cm³/mol. The van der Waals surface area contributed by atoms with Crippen molar-refractivity contribution in [3.05, 3.63) is 95.9 Å². The molecule has 1 fully saturated rings. The molecule has 0 spiro atoms. The van der Waals surface area contributed by atoms with E-state index in [2.05, 4.69) is 10.1 Å². The summed E-state index contributed by atoms with van der Waals surface area (Å²) >= 11 is 7.06. The van der Waals surface area contributed by atoms with Crippen molar-refractivity contribution in [2.24, 2.45) is 0 Å². The normalized spacial score (nSPS) is 23.4. The van der Waals surface area contributed by atoms with E-state index >= 15 is 0 Å². The van der Waals surface area contributed by atoms with Crippen molar-refractivity contribution in [1.82, 2.24) is 14.6 Å². The number of alkyl halides is 1. The maximum atomic E-state index is 13.0. The van der Waals surface area contributed by atoms with Gasteiger partial charge >= 0.3 is 11.9 Å². The summed E-state index contributed by atoms with van der Waals surface area (Å²) in [6, 6.07) is 20.7. The van der Waals surface area contributed by atoms with Gasteiger partial charge in [-0.05, 0) is 43.3 Å². The third-order valence-electron chi connectivity index (χ3n) is 6.13. The van der Waals surface area contributed by atoms with Crippen molar-refractivity contribution >= 4 is 34.9 Å². The molecule has 0 amide bonds. The number of nitrogens with zero attached hydrogens (tertiary/aromatic N) is 3. The Balaban J connectivity index is 1.45. The number of ether oxygens (including phenoxy) is 3. The van der Waals surface area contributed by atoms with Gasteiger partial charge in [-0.1, -0.05) is 36.4 Å². The molecule has 5 rings (SSSR count). The molecule has 1 aliphatic rings. The van der Waals surface area contributed by atoms with Gasteiger partial charge in [0.25, 0.3) is 0 Å². The summed E-state index contributed by atoms with van der Waals surface area (Å²) in [6.45, 7) is 1.53. The summed E-state index contributed by atoms with van der Waals surface area (Å²) in [5, 5.41) is 4.28. The maximum absolute atomic E-state index is 13.0. The summed E-state index contributed by atoms with van der Waals surface area (Å²) < 4.78 is 19.3. The van der Waals surface area contributed by atoms with Gasteiger partial charge in [0.15, 0.2) is 11.9 Å². The molecule has 184 valence electrons. The topological polar surface area (TPSA) is 118 Å². The van der Waals surface area contributed by atoms with E-state index in [4.69, 9.17) is 31.5 Å². The fourth-order valence-corrected chi connectivity index (χ4v) is 4.66. The lowest BCUT2D eigenvalue weighted by molar-refractivity contribution is -0.0436. The average Bonchev–Trinajstić information content (AvgIpc) is 3.42. The maximum Gasteiger partial charge on any atom is 0.338 e. The van der Waals surface area contributed by atoms with Crippen molar-refractivity contribution in [2.75, 3.05) is 12.3 Å². The summed E-state index contributed by atoms with van der Waals surface area (Å²) in [7, 11) is 0. The van der Waals surface area contributed by atoms with Gasteiger partial charge < -0.3 is 19.9 Å². The highest BCUT2D eigenvalue weighted by Crippen LogP contribution is 2.48. The molecule has 0 aliphatic carbocycles. The zero-order valence-electron chi connectivity index (χ0n) is 19.3. The number of benzene rings is 2. The fourth-order valence-electron chi connectivity index (χ4n) is 4.31. The van der Waals surface area contributed by atoms with Gasteiger partial charge in [-0.15, -0.1) is 11.6 Å². The van der Waals surface area contributed by atoms with E-state index < -0.39 is 35.1 Å². The number of anilines is 1. The summed E-state index contributed by atoms with van der Waals surface area (Å²) in [6.07, 6.45) is -1.24. The van der Waals surface area contributed by atoms with Crippen molar-refractivity contribution in [1.29, 1.82) is 0 Å². The Kier molecular flexibility index (Phi) is 6.34. The first-order chi connectivity index (χ1) is 17.4. The molecule has 10 heteroatoms. The molecule has 1 unspecified atom stereocenters. The zero-order chi connectivity index (χ0) is 25.3. The molecule has 0 bridgehead atoms. The van der Waals surface area contributed by atoms with Crippen LogP contribution in [0, 0.1) is 0 Å². The number of fused-ring (bicyclic) bond motifs is 1. The Morgan fingerprint density at radius 2 is 1.67 bits per heavy atom. The van der Waals surface area contributed by atoms with Crippen molar-refractivity contribution < 1.29 is 23.8 Å². The van der Waals surface area contributed by atoms with Crippen molar-refractivity contribution in [3.8, 4) is 0 Å². The monoisotopic (exact) mass is 506 g/mol. The van der Waals surface area contributed by atoms with E-state index in [0.29, 0.717) is 28.2 Å². The number of carbonyl (C=O) groups is 2. The molecule has 4 atom stereocenters. The smallest absolute Gasteiger partial charge is 0.338 e. The summed E-state index contributed by atoms with van der Waals surface area (Å²) in [5.74, 6) is -0.797. The Morgan fingerprint density at radius 3 is 2.33 bits per heavy atom. The highest BCUT2D eigenvalue weighted by Gasteiger charge is 2.57. The number of rotatable bonds is 6. The Morgan fingerprint density at radius 1 is 1.03 bits per heavy atom. The molecule has 1 saturated heterocycles. The number of carbonyl (C=O) groups excluding carboxylic acids is 2. The van der Waals surface area contributed by atoms with E-state index in [1.807, 2.05) is 0 Å². The number of aromatic nitrogens is 3. The van der Waals surface area contributed by atoms with E-state index in [-0.39, 0.29) is 6.61 Å². The van der Waals surface area contributed by atoms with Crippen LogP contribution < -0.4 is 5.73 Å². The van der Waals surface area contributed by atoms with Crippen LogP contribution in [0.2, 0.25) is 0 Å². The minimum absolute atomic E-state index is 0.181. The third-order valence-corrected chi connectivity index (χ3v) is 6.54. The Labute approximate surface area is 211 Å². The molecule has 1 aliphatic heterocycles. The molecule has 9 nitrogen and oxygen atoms in total. The SMILES string of the molecule is C[C@]1(Cl)C(c2ccc3c(N)ncnn23)O[C@H](COC(=O)c2ccccc2)[C@H]1OC(=O)c1ccccc1. The van der Waals surface area contributed by atoms with E-state index in [1.165, 1.54) is 6.33 Å². The first-order valence-electron chi connectivity index (χ1n) is 11.3. The van der Waals surface area contributed by atoms with Crippen LogP contribution in [0.5, 0.6) is 0 Å². The lowest BCUT2D eigenvalue weighted by Crippen LogP contribution is -2.43. The van der Waals surface area contributed by atoms with Crippen molar-refractivity contribution in [2.45, 2.75) is 30.1 Å². The fraction of sp³-hybridized carbons (Fsp3) is 0.231. The van der Waals surface area contributed by atoms with Gasteiger partial charge in [0, 0.05) is 0 Å². The van der Waals surface area contributed by atoms with Gasteiger partial charge in [0.05, 0.1) is 16.8 Å². The molecule has 36 heavy (non-hydrogen) atoms. The van der Waals surface area contributed by atoms with Crippen molar-refractivity contribution in [3.63, 3.8) is 0 Å². The average molecular weight is 507 g/mol. The standard InChI is InChI=1S/C26H23ClN4O5/c1-26(27)21(18-12-13-19-23(28)29-15-30-31(18)19)35-20(14-34-24(32)16-8-4-2-5-9-16)22(26)36-25(33)17-10-6-3-7-11-17/h2-13,15,20-22H,14H2,1H3,(H2,28,29,30)/t20-,21?,22-,26+/m1/s1. The Bertz CT molecular complexity index is 1390. The minimum atomic E-state index is -1.23. The molecule has 3 heterocycles. The van der Waals surface area contributed by atoms with Gasteiger partial charge in [0.2, 0.25) is 0 Å². The zero-order valence-corrected chi connectivity index (χ0v) is 20.0. The van der Waals surface area contributed by atoms with Crippen LogP contribution in [-0.4, -0.2) is 50.2 Å². The Hall–Kier alpha value is -3.95. The quantitative estimate of drug-likeness (QED) is 0.309. The van der Waals surface area contributed by atoms with Gasteiger partial charge in [-0.2, -0.15) is 5.10 Å². The molecular weight excluding hydrogens is 484 g/mol. The van der Waals surface area contributed by atoms with Crippen LogP contribution in [0.3, 0.4) is 0 Å². The van der Waals surface area contributed by atoms with Gasteiger partial charge in [-0.25, -0.2) is 19.1 Å². The summed E-state index contributed by atoms with van der Waals surface area (Å²) in [5.41, 5.74) is 7.91. The number of nitrogen functional groups attached to an aromatic ring is 1. The van der Waals surface area contributed by atoms with Crippen LogP contribution in [0.4, 0.5) is 5.82 Å². The summed E-state index contributed by atoms with van der Waals surface area (Å²) in [4.78, 5) is 28.3. The van der Waals surface area contributed by atoms with Crippen LogP contribution >= 0.6 is 11.6 Å². The first kappa shape index (κ1) is 23.8. The van der Waals surface area contributed by atoms with E-state index in [1.54, 1.807) is 84.2 Å². The number of esters is 2. The lowest BCUT2D eigenvalue weighted by atomic mass is 9.95. The largest absolute Gasteiger partial charge is 0.459 e. The van der Waals surface area contributed by atoms with E-state index in [9.17, 15) is 9.59 Å². The van der Waals surface area contributed by atoms with Crippen LogP contribution in [0.1, 0.15) is 39.4 Å². The number of hydrogen-bond acceptors (Lipinski definition) is 8. The van der Waals surface area contributed by atoms with Crippen LogP contribution in [-0.2, 0) is 14.2 Å². The van der Waals surface area contributed by atoms with E-state index in [0.717, 1.165) is 0 Å². The minimum Gasteiger partial charge on any atom is -0.459 e. The highest BCUT2D eigenvalue weighted by atomic mass is 35.5. The molecule has 4 aromatic rings. The number of halogens is 1. The lowest BCUT2D eigenvalue weighted by Gasteiger charge is -2.28. The number of nitrogens with two attached hydrogens (primary N) is 1. The number of hydrogen-bond donors (Lipinski definition) is 1. The third kappa shape index (κ3) is 4.38. The molecular formula is C26H23ClN4O5. The second-order valence-electron chi connectivity index (χ2n) is 8.56. The predicted octanol–water partition coefficient (Wildman–Crippen LogP) is 3.83. The second kappa shape index (κ2) is 9.60. The molecule has 2 aromatic heterocycles. The first-order valence-corrected chi connectivity index (χ1v) is 11.6. The molecule has 2 N–H and O–H groups in total. The van der Waals surface area contributed by atoms with Gasteiger partial charge in [0.1, 0.15) is 35.5 Å². The molecule has 0 saturated carbocycles. The van der Waals surface area contributed by atoms with Crippen LogP contribution in [0.25, 0.3) is 5.52 Å². The molecule has 2 aromatic carbocycles. The van der Waals surface area contributed by atoms with Gasteiger partial charge in [-0.3, -0.25) is 0 Å².